The molecule has 0 aliphatic carbocycles. The number of aromatic amines is 1. The standard InChI is InChI=1S/C11H21N4O5P/c1-15(2,3)7-9-20-21(17,18)19-8-6-14-11(16)10-12-4-5-13-10/h4-5H,6-9H2,1-3H3,(H2-,12,13,14,16,17,18)/p+1. The average Bonchev–Trinajstić information content (AvgIpc) is 2.86. The third kappa shape index (κ3) is 7.93. The molecule has 0 spiro atoms. The van der Waals surface area contributed by atoms with Crippen LogP contribution in [0.25, 0.3) is 0 Å². The zero-order chi connectivity index (χ0) is 15.9. The van der Waals surface area contributed by atoms with Crippen LogP contribution in [-0.2, 0) is 13.6 Å². The van der Waals surface area contributed by atoms with Gasteiger partial charge in [-0.15, -0.1) is 0 Å². The number of nitrogens with one attached hydrogen (secondary N) is 2. The van der Waals surface area contributed by atoms with Gasteiger partial charge < -0.3 is 19.7 Å². The van der Waals surface area contributed by atoms with Crippen molar-refractivity contribution in [2.45, 2.75) is 0 Å². The van der Waals surface area contributed by atoms with Crippen LogP contribution in [0.4, 0.5) is 0 Å². The first-order valence-electron chi connectivity index (χ1n) is 6.39. The Kier molecular flexibility index (Phi) is 6.50. The minimum absolute atomic E-state index is 0.0722. The van der Waals surface area contributed by atoms with Gasteiger partial charge in [0.1, 0.15) is 13.2 Å². The van der Waals surface area contributed by atoms with Gasteiger partial charge in [0.2, 0.25) is 0 Å². The van der Waals surface area contributed by atoms with Crippen molar-refractivity contribution >= 4 is 13.7 Å². The number of imidazole rings is 1. The fraction of sp³-hybridized carbons (Fsp3) is 0.636. The summed E-state index contributed by atoms with van der Waals surface area (Å²) in [6, 6.07) is 0. The van der Waals surface area contributed by atoms with Crippen molar-refractivity contribution in [1.82, 2.24) is 15.3 Å². The Morgan fingerprint density at radius 3 is 2.67 bits per heavy atom. The zero-order valence-electron chi connectivity index (χ0n) is 12.4. The van der Waals surface area contributed by atoms with Crippen molar-refractivity contribution in [2.24, 2.45) is 0 Å². The maximum Gasteiger partial charge on any atom is 0.472 e. The molecule has 0 saturated carbocycles. The highest BCUT2D eigenvalue weighted by Crippen LogP contribution is 2.42. The van der Waals surface area contributed by atoms with Gasteiger partial charge in [-0.05, 0) is 0 Å². The fourth-order valence-electron chi connectivity index (χ4n) is 1.27. The lowest BCUT2D eigenvalue weighted by Gasteiger charge is -2.24. The van der Waals surface area contributed by atoms with Crippen molar-refractivity contribution in [2.75, 3.05) is 47.4 Å². The van der Waals surface area contributed by atoms with Gasteiger partial charge in [-0.2, -0.15) is 0 Å². The molecule has 1 aromatic heterocycles. The van der Waals surface area contributed by atoms with E-state index in [9.17, 15) is 14.3 Å². The maximum absolute atomic E-state index is 11.5. The first kappa shape index (κ1) is 17.8. The van der Waals surface area contributed by atoms with Crippen LogP contribution in [-0.4, -0.2) is 72.7 Å². The first-order valence-corrected chi connectivity index (χ1v) is 7.89. The third-order valence-electron chi connectivity index (χ3n) is 2.37. The largest absolute Gasteiger partial charge is 0.472 e. The normalized spacial score (nSPS) is 14.7. The highest BCUT2D eigenvalue weighted by atomic mass is 31.2. The Morgan fingerprint density at radius 2 is 2.10 bits per heavy atom. The second-order valence-electron chi connectivity index (χ2n) is 5.34. The lowest BCUT2D eigenvalue weighted by atomic mass is 10.5. The second-order valence-corrected chi connectivity index (χ2v) is 6.80. The van der Waals surface area contributed by atoms with E-state index in [0.29, 0.717) is 11.0 Å². The molecule has 3 N–H and O–H groups in total. The summed E-state index contributed by atoms with van der Waals surface area (Å²) in [7, 11) is 1.74. The summed E-state index contributed by atoms with van der Waals surface area (Å²) >= 11 is 0. The van der Waals surface area contributed by atoms with Crippen LogP contribution in [0.15, 0.2) is 12.4 Å². The molecule has 1 unspecified atom stereocenters. The molecule has 0 bridgehead atoms. The number of quaternary nitrogens is 1. The van der Waals surface area contributed by atoms with Crippen molar-refractivity contribution in [3.05, 3.63) is 18.2 Å². The summed E-state index contributed by atoms with van der Waals surface area (Å²) in [5.41, 5.74) is 0. The zero-order valence-corrected chi connectivity index (χ0v) is 13.3. The molecule has 0 aliphatic heterocycles. The number of aromatic nitrogens is 2. The summed E-state index contributed by atoms with van der Waals surface area (Å²) in [5, 5.41) is 2.49. The quantitative estimate of drug-likeness (QED) is 0.335. The smallest absolute Gasteiger partial charge is 0.347 e. The van der Waals surface area contributed by atoms with E-state index in [-0.39, 0.29) is 25.6 Å². The van der Waals surface area contributed by atoms with Crippen molar-refractivity contribution in [3.8, 4) is 0 Å². The molecule has 1 amide bonds. The molecule has 10 heteroatoms. The molecule has 0 radical (unpaired) electrons. The maximum atomic E-state index is 11.5. The molecule has 1 atom stereocenters. The Hall–Kier alpha value is -1.25. The molecule has 1 aromatic rings. The van der Waals surface area contributed by atoms with E-state index in [1.54, 1.807) is 0 Å². The Labute approximate surface area is 123 Å². The van der Waals surface area contributed by atoms with Gasteiger partial charge in [-0.1, -0.05) is 0 Å². The predicted molar refractivity (Wildman–Crippen MR) is 75.5 cm³/mol. The number of nitrogens with zero attached hydrogens (tertiary/aromatic N) is 2. The second kappa shape index (κ2) is 7.67. The van der Waals surface area contributed by atoms with Crippen LogP contribution < -0.4 is 5.32 Å². The summed E-state index contributed by atoms with van der Waals surface area (Å²) < 4.78 is 21.7. The lowest BCUT2D eigenvalue weighted by molar-refractivity contribution is -0.870. The number of amides is 1. The molecule has 1 rings (SSSR count). The Balaban J connectivity index is 2.18. The Bertz CT molecular complexity index is 485. The van der Waals surface area contributed by atoms with Gasteiger partial charge in [0.05, 0.1) is 27.7 Å². The van der Waals surface area contributed by atoms with Crippen molar-refractivity contribution < 1.29 is 27.8 Å². The van der Waals surface area contributed by atoms with Gasteiger partial charge in [0.25, 0.3) is 5.91 Å². The van der Waals surface area contributed by atoms with Crippen LogP contribution in [0.1, 0.15) is 10.6 Å². The minimum Gasteiger partial charge on any atom is -0.347 e. The predicted octanol–water partition coefficient (Wildman–Crippen LogP) is -0.0207. The van der Waals surface area contributed by atoms with Crippen LogP contribution in [0.5, 0.6) is 0 Å². The van der Waals surface area contributed by atoms with E-state index >= 15 is 0 Å². The molecular weight excluding hydrogens is 299 g/mol. The van der Waals surface area contributed by atoms with E-state index in [2.05, 4.69) is 15.3 Å². The number of phosphoric ester groups is 1. The number of hydrogen-bond donors (Lipinski definition) is 3. The molecular formula is C11H22N4O5P+. The lowest BCUT2D eigenvalue weighted by Crippen LogP contribution is -2.37. The summed E-state index contributed by atoms with van der Waals surface area (Å²) in [5.74, 6) is -0.247. The minimum atomic E-state index is -4.08. The van der Waals surface area contributed by atoms with E-state index in [1.165, 1.54) is 12.4 Å². The molecule has 0 fully saturated rings. The van der Waals surface area contributed by atoms with Crippen molar-refractivity contribution in [1.29, 1.82) is 0 Å². The van der Waals surface area contributed by atoms with Crippen molar-refractivity contribution in [3.63, 3.8) is 0 Å². The molecule has 9 nitrogen and oxygen atoms in total. The fourth-order valence-corrected chi connectivity index (χ4v) is 1.97. The highest BCUT2D eigenvalue weighted by Gasteiger charge is 2.22. The molecule has 120 valence electrons. The average molecular weight is 321 g/mol. The highest BCUT2D eigenvalue weighted by molar-refractivity contribution is 7.47. The van der Waals surface area contributed by atoms with Gasteiger partial charge in [0, 0.05) is 18.9 Å². The Morgan fingerprint density at radius 1 is 1.43 bits per heavy atom. The molecule has 0 saturated heterocycles. The van der Waals surface area contributed by atoms with Gasteiger partial charge >= 0.3 is 7.82 Å². The van der Waals surface area contributed by atoms with Gasteiger partial charge in [-0.25, -0.2) is 9.55 Å². The molecule has 1 heterocycles. The number of H-pyrrole nitrogens is 1. The molecule has 21 heavy (non-hydrogen) atoms. The van der Waals surface area contributed by atoms with Crippen LogP contribution >= 0.6 is 7.82 Å². The number of hydrogen-bond acceptors (Lipinski definition) is 5. The first-order chi connectivity index (χ1) is 9.70. The molecule has 0 aromatic carbocycles. The van der Waals surface area contributed by atoms with Gasteiger partial charge in [-0.3, -0.25) is 13.8 Å². The number of likely N-dealkylation sites (N-methyl/N-ethyl adjacent to an activating group) is 1. The number of carbonyl (C=O) groups excluding carboxylic acids is 1. The van der Waals surface area contributed by atoms with Gasteiger partial charge in [0.15, 0.2) is 5.82 Å². The topological polar surface area (TPSA) is 114 Å². The van der Waals surface area contributed by atoms with E-state index < -0.39 is 13.7 Å². The summed E-state index contributed by atoms with van der Waals surface area (Å²) in [6.45, 7) is 0.618. The molecule has 0 aliphatic rings. The van der Waals surface area contributed by atoms with E-state index in [4.69, 9.17) is 9.05 Å². The number of phosphoric acid groups is 1. The van der Waals surface area contributed by atoms with E-state index in [0.717, 1.165) is 0 Å². The number of rotatable bonds is 9. The van der Waals surface area contributed by atoms with Crippen LogP contribution in [0, 0.1) is 0 Å². The summed E-state index contributed by atoms with van der Waals surface area (Å²) in [4.78, 5) is 27.3. The third-order valence-corrected chi connectivity index (χ3v) is 3.39. The van der Waals surface area contributed by atoms with Crippen LogP contribution in [0.2, 0.25) is 0 Å². The number of carbonyl (C=O) groups is 1. The van der Waals surface area contributed by atoms with Crippen LogP contribution in [0.3, 0.4) is 0 Å². The summed E-state index contributed by atoms with van der Waals surface area (Å²) in [6.07, 6.45) is 2.98. The van der Waals surface area contributed by atoms with E-state index in [1.807, 2.05) is 21.1 Å². The SMILES string of the molecule is C[N+](C)(C)CCOP(=O)(O)OCCNC(=O)c1ncc[nH]1. The monoisotopic (exact) mass is 321 g/mol.